The zero-order valence-electron chi connectivity index (χ0n) is 10.0. The van der Waals surface area contributed by atoms with Crippen LogP contribution in [0.2, 0.25) is 0 Å². The first-order valence-electron chi connectivity index (χ1n) is 5.35. The third-order valence-corrected chi connectivity index (χ3v) is 2.76. The van der Waals surface area contributed by atoms with E-state index in [0.717, 1.165) is 0 Å². The smallest absolute Gasteiger partial charge is 0.336 e. The van der Waals surface area contributed by atoms with Gasteiger partial charge in [-0.1, -0.05) is 0 Å². The van der Waals surface area contributed by atoms with Crippen molar-refractivity contribution in [3.8, 4) is 0 Å². The molecule has 2 rings (SSSR count). The average molecular weight is 249 g/mol. The Hall–Kier alpha value is -2.01. The molecular weight excluding hydrogens is 237 g/mol. The first-order valence-corrected chi connectivity index (χ1v) is 5.35. The molecule has 0 fully saturated rings. The van der Waals surface area contributed by atoms with Gasteiger partial charge in [-0.15, -0.1) is 0 Å². The minimum absolute atomic E-state index is 0.0545. The molecule has 5 heteroatoms. The Morgan fingerprint density at radius 3 is 2.83 bits per heavy atom. The Labute approximate surface area is 103 Å². The minimum Gasteiger partial charge on any atom is -0.478 e. The normalized spacial score (nSPS) is 10.8. The van der Waals surface area contributed by atoms with Gasteiger partial charge in [-0.25, -0.2) is 9.18 Å². The number of rotatable bonds is 3. The molecular formula is C13H12FNO3. The van der Waals surface area contributed by atoms with Crippen LogP contribution in [0.25, 0.3) is 10.9 Å². The minimum atomic E-state index is -1.11. The van der Waals surface area contributed by atoms with Crippen LogP contribution in [0.15, 0.2) is 18.2 Å². The average Bonchev–Trinajstić information content (AvgIpc) is 2.30. The molecule has 0 atom stereocenters. The number of aromatic carboxylic acids is 1. The highest BCUT2D eigenvalue weighted by Gasteiger charge is 2.18. The summed E-state index contributed by atoms with van der Waals surface area (Å²) in [5.41, 5.74) is 1.57. The van der Waals surface area contributed by atoms with Gasteiger partial charge in [-0.2, -0.15) is 0 Å². The number of pyridine rings is 1. The van der Waals surface area contributed by atoms with Gasteiger partial charge in [0.25, 0.3) is 0 Å². The number of halogens is 1. The molecule has 0 amide bonds. The van der Waals surface area contributed by atoms with E-state index in [4.69, 9.17) is 4.74 Å². The number of carbonyl (C=O) groups is 1. The molecule has 0 aliphatic heterocycles. The van der Waals surface area contributed by atoms with Crippen LogP contribution in [0, 0.1) is 12.7 Å². The number of aromatic nitrogens is 1. The SMILES string of the molecule is COCc1c(C)nc2ccc(F)cc2c1C(=O)O. The van der Waals surface area contributed by atoms with Crippen molar-refractivity contribution in [3.63, 3.8) is 0 Å². The molecule has 1 aromatic carbocycles. The maximum atomic E-state index is 13.2. The number of methoxy groups -OCH3 is 1. The molecule has 0 spiro atoms. The molecule has 0 aliphatic rings. The van der Waals surface area contributed by atoms with Gasteiger partial charge in [0.2, 0.25) is 0 Å². The van der Waals surface area contributed by atoms with E-state index in [0.29, 0.717) is 22.2 Å². The predicted molar refractivity (Wildman–Crippen MR) is 64.1 cm³/mol. The zero-order valence-corrected chi connectivity index (χ0v) is 10.0. The second kappa shape index (κ2) is 4.70. The van der Waals surface area contributed by atoms with E-state index in [9.17, 15) is 14.3 Å². The summed E-state index contributed by atoms with van der Waals surface area (Å²) in [5, 5.41) is 9.59. The maximum absolute atomic E-state index is 13.2. The van der Waals surface area contributed by atoms with Gasteiger partial charge in [0.1, 0.15) is 5.82 Å². The van der Waals surface area contributed by atoms with E-state index in [-0.39, 0.29) is 12.2 Å². The summed E-state index contributed by atoms with van der Waals surface area (Å²) in [6.45, 7) is 1.84. The molecule has 0 bridgehead atoms. The van der Waals surface area contributed by atoms with Crippen molar-refractivity contribution >= 4 is 16.9 Å². The van der Waals surface area contributed by atoms with Crippen molar-refractivity contribution in [1.29, 1.82) is 0 Å². The van der Waals surface area contributed by atoms with Crippen LogP contribution < -0.4 is 0 Å². The first-order chi connectivity index (χ1) is 8.54. The number of hydrogen-bond donors (Lipinski definition) is 1. The Bertz CT molecular complexity index is 625. The molecule has 0 radical (unpaired) electrons. The van der Waals surface area contributed by atoms with Crippen LogP contribution in [-0.4, -0.2) is 23.2 Å². The maximum Gasteiger partial charge on any atom is 0.336 e. The van der Waals surface area contributed by atoms with Gasteiger partial charge in [0.15, 0.2) is 0 Å². The van der Waals surface area contributed by atoms with Crippen molar-refractivity contribution in [1.82, 2.24) is 4.98 Å². The molecule has 1 heterocycles. The molecule has 0 unspecified atom stereocenters. The zero-order chi connectivity index (χ0) is 13.3. The lowest BCUT2D eigenvalue weighted by Crippen LogP contribution is -2.08. The molecule has 0 aliphatic carbocycles. The Kier molecular flexibility index (Phi) is 3.25. The monoisotopic (exact) mass is 249 g/mol. The number of nitrogens with zero attached hydrogens (tertiary/aromatic N) is 1. The standard InChI is InChI=1S/C13H12FNO3/c1-7-10(6-18-2)12(13(16)17)9-5-8(14)3-4-11(9)15-7/h3-5H,6H2,1-2H3,(H,16,17). The van der Waals surface area contributed by atoms with E-state index in [1.54, 1.807) is 6.92 Å². The van der Waals surface area contributed by atoms with Crippen molar-refractivity contribution in [2.75, 3.05) is 7.11 Å². The Balaban J connectivity index is 2.86. The van der Waals surface area contributed by atoms with Gasteiger partial charge in [0, 0.05) is 23.8 Å². The third-order valence-electron chi connectivity index (χ3n) is 2.76. The summed E-state index contributed by atoms with van der Waals surface area (Å²) in [7, 11) is 1.47. The number of carboxylic acids is 1. The number of carboxylic acid groups (broad SMARTS) is 1. The lowest BCUT2D eigenvalue weighted by atomic mass is 10.0. The number of aryl methyl sites for hydroxylation is 1. The van der Waals surface area contributed by atoms with Crippen LogP contribution in [0.1, 0.15) is 21.6 Å². The Morgan fingerprint density at radius 2 is 2.22 bits per heavy atom. The Morgan fingerprint density at radius 1 is 1.50 bits per heavy atom. The summed E-state index contributed by atoms with van der Waals surface area (Å²) >= 11 is 0. The van der Waals surface area contributed by atoms with Gasteiger partial charge < -0.3 is 9.84 Å². The van der Waals surface area contributed by atoms with E-state index in [2.05, 4.69) is 4.98 Å². The number of hydrogen-bond acceptors (Lipinski definition) is 3. The quantitative estimate of drug-likeness (QED) is 0.908. The van der Waals surface area contributed by atoms with Crippen LogP contribution in [0.5, 0.6) is 0 Å². The van der Waals surface area contributed by atoms with Crippen molar-refractivity contribution < 1.29 is 19.0 Å². The van der Waals surface area contributed by atoms with E-state index in [1.807, 2.05) is 0 Å². The lowest BCUT2D eigenvalue weighted by Gasteiger charge is -2.11. The summed E-state index contributed by atoms with van der Waals surface area (Å²) in [4.78, 5) is 15.6. The van der Waals surface area contributed by atoms with Gasteiger partial charge >= 0.3 is 5.97 Å². The largest absolute Gasteiger partial charge is 0.478 e. The van der Waals surface area contributed by atoms with E-state index in [1.165, 1.54) is 25.3 Å². The first kappa shape index (κ1) is 12.4. The summed E-state index contributed by atoms with van der Waals surface area (Å²) in [6, 6.07) is 3.92. The molecule has 4 nitrogen and oxygen atoms in total. The van der Waals surface area contributed by atoms with Crippen LogP contribution in [0.4, 0.5) is 4.39 Å². The highest BCUT2D eigenvalue weighted by Crippen LogP contribution is 2.25. The van der Waals surface area contributed by atoms with Crippen molar-refractivity contribution in [2.45, 2.75) is 13.5 Å². The molecule has 0 saturated heterocycles. The summed E-state index contributed by atoms with van der Waals surface area (Å²) in [5.74, 6) is -1.60. The van der Waals surface area contributed by atoms with E-state index >= 15 is 0 Å². The number of fused-ring (bicyclic) bond motifs is 1. The molecule has 0 saturated carbocycles. The highest BCUT2D eigenvalue weighted by atomic mass is 19.1. The second-order valence-electron chi connectivity index (χ2n) is 3.95. The number of ether oxygens (including phenoxy) is 1. The topological polar surface area (TPSA) is 59.4 Å². The van der Waals surface area contributed by atoms with Gasteiger partial charge in [-0.05, 0) is 25.1 Å². The third kappa shape index (κ3) is 2.04. The van der Waals surface area contributed by atoms with Crippen molar-refractivity contribution in [3.05, 3.63) is 40.8 Å². The van der Waals surface area contributed by atoms with Gasteiger partial charge in [0.05, 0.1) is 17.7 Å². The molecule has 18 heavy (non-hydrogen) atoms. The lowest BCUT2D eigenvalue weighted by molar-refractivity contribution is 0.0694. The molecule has 1 N–H and O–H groups in total. The predicted octanol–water partition coefficient (Wildman–Crippen LogP) is 2.53. The van der Waals surface area contributed by atoms with E-state index < -0.39 is 11.8 Å². The van der Waals surface area contributed by atoms with Crippen LogP contribution >= 0.6 is 0 Å². The highest BCUT2D eigenvalue weighted by molar-refractivity contribution is 6.04. The fourth-order valence-corrected chi connectivity index (χ4v) is 1.96. The van der Waals surface area contributed by atoms with Gasteiger partial charge in [-0.3, -0.25) is 4.98 Å². The molecule has 2 aromatic rings. The van der Waals surface area contributed by atoms with Crippen LogP contribution in [0.3, 0.4) is 0 Å². The number of benzene rings is 1. The molecule has 94 valence electrons. The summed E-state index contributed by atoms with van der Waals surface area (Å²) < 4.78 is 18.2. The summed E-state index contributed by atoms with van der Waals surface area (Å²) in [6.07, 6.45) is 0. The second-order valence-corrected chi connectivity index (χ2v) is 3.95. The molecule has 1 aromatic heterocycles. The van der Waals surface area contributed by atoms with Crippen LogP contribution in [-0.2, 0) is 11.3 Å². The van der Waals surface area contributed by atoms with Crippen molar-refractivity contribution in [2.24, 2.45) is 0 Å². The fraction of sp³-hybridized carbons (Fsp3) is 0.231. The fourth-order valence-electron chi connectivity index (χ4n) is 1.96.